The largest absolute Gasteiger partial charge is 0.376 e. The number of carbonyl (C=O) groups excluding carboxylic acids is 2. The highest BCUT2D eigenvalue weighted by Gasteiger charge is 2.26. The molecule has 0 unspecified atom stereocenters. The molecule has 1 aliphatic rings. The first-order valence-corrected chi connectivity index (χ1v) is 13.8. The molecule has 5 rings (SSSR count). The maximum atomic E-state index is 13.5. The molecule has 206 valence electrons. The second kappa shape index (κ2) is 12.1. The molecule has 1 atom stereocenters. The lowest BCUT2D eigenvalue weighted by molar-refractivity contribution is -0.117. The second-order valence-corrected chi connectivity index (χ2v) is 10.8. The van der Waals surface area contributed by atoms with Crippen molar-refractivity contribution in [3.05, 3.63) is 100 Å². The minimum atomic E-state index is -0.336. The lowest BCUT2D eigenvalue weighted by atomic mass is 10.1. The Hall–Kier alpha value is -3.94. The third-order valence-electron chi connectivity index (χ3n) is 7.23. The molecule has 1 aliphatic heterocycles. The van der Waals surface area contributed by atoms with Crippen molar-refractivity contribution >= 4 is 29.4 Å². The molecule has 0 aliphatic carbocycles. The number of aromatic nitrogens is 2. The van der Waals surface area contributed by atoms with E-state index in [0.29, 0.717) is 35.4 Å². The minimum Gasteiger partial charge on any atom is -0.376 e. The molecule has 0 spiro atoms. The van der Waals surface area contributed by atoms with Crippen molar-refractivity contribution in [3.8, 4) is 16.9 Å². The molecule has 0 saturated carbocycles. The summed E-state index contributed by atoms with van der Waals surface area (Å²) < 4.78 is 7.66. The molecule has 1 saturated heterocycles. The van der Waals surface area contributed by atoms with E-state index in [1.54, 1.807) is 17.0 Å². The summed E-state index contributed by atoms with van der Waals surface area (Å²) in [5.41, 5.74) is 6.34. The zero-order valence-electron chi connectivity index (χ0n) is 23.0. The predicted molar refractivity (Wildman–Crippen MR) is 158 cm³/mol. The van der Waals surface area contributed by atoms with Crippen LogP contribution in [0.5, 0.6) is 0 Å². The Labute approximate surface area is 239 Å². The van der Waals surface area contributed by atoms with Gasteiger partial charge in [0.25, 0.3) is 5.91 Å². The van der Waals surface area contributed by atoms with Gasteiger partial charge in [0, 0.05) is 41.2 Å². The molecule has 4 aromatic rings. The SMILES string of the molecule is Cc1ccc(C(=O)N(CC(=O)Nc2nc(-c3ccc(Cl)cc3)cn2-c2ccc(C)c(C)c2)C[C@H]2CCCO2)cc1. The van der Waals surface area contributed by atoms with Gasteiger partial charge >= 0.3 is 0 Å². The molecular weight excluding hydrogens is 524 g/mol. The Morgan fingerprint density at radius 3 is 2.45 bits per heavy atom. The highest BCUT2D eigenvalue weighted by Crippen LogP contribution is 2.27. The van der Waals surface area contributed by atoms with Crippen molar-refractivity contribution in [1.29, 1.82) is 0 Å². The topological polar surface area (TPSA) is 76.5 Å². The number of hydrogen-bond acceptors (Lipinski definition) is 4. The fourth-order valence-electron chi connectivity index (χ4n) is 4.77. The summed E-state index contributed by atoms with van der Waals surface area (Å²) in [6, 6.07) is 20.9. The number of anilines is 1. The molecule has 1 N–H and O–H groups in total. The molecule has 8 heteroatoms. The summed E-state index contributed by atoms with van der Waals surface area (Å²) in [6.45, 7) is 6.98. The van der Waals surface area contributed by atoms with Crippen LogP contribution >= 0.6 is 11.6 Å². The number of hydrogen-bond donors (Lipinski definition) is 1. The highest BCUT2D eigenvalue weighted by molar-refractivity contribution is 6.30. The molecule has 7 nitrogen and oxygen atoms in total. The quantitative estimate of drug-likeness (QED) is 0.273. The van der Waals surface area contributed by atoms with Crippen LogP contribution in [0.1, 0.15) is 39.9 Å². The number of halogens is 1. The Morgan fingerprint density at radius 2 is 1.77 bits per heavy atom. The fraction of sp³-hybridized carbons (Fsp3) is 0.281. The van der Waals surface area contributed by atoms with E-state index in [9.17, 15) is 9.59 Å². The van der Waals surface area contributed by atoms with Gasteiger partial charge in [0.05, 0.1) is 11.8 Å². The highest BCUT2D eigenvalue weighted by atomic mass is 35.5. The van der Waals surface area contributed by atoms with E-state index in [1.807, 2.05) is 73.1 Å². The van der Waals surface area contributed by atoms with Crippen molar-refractivity contribution in [2.24, 2.45) is 0 Å². The molecule has 1 fully saturated rings. The molecule has 0 radical (unpaired) electrons. The number of nitrogens with one attached hydrogen (secondary N) is 1. The van der Waals surface area contributed by atoms with Crippen LogP contribution in [0.3, 0.4) is 0 Å². The normalized spacial score (nSPS) is 14.8. The molecule has 3 aromatic carbocycles. The van der Waals surface area contributed by atoms with Crippen molar-refractivity contribution in [1.82, 2.24) is 14.5 Å². The van der Waals surface area contributed by atoms with Gasteiger partial charge in [-0.3, -0.25) is 19.5 Å². The van der Waals surface area contributed by atoms with E-state index >= 15 is 0 Å². The first kappa shape index (κ1) is 27.6. The summed E-state index contributed by atoms with van der Waals surface area (Å²) in [6.07, 6.45) is 3.62. The van der Waals surface area contributed by atoms with Gasteiger partial charge in [0.15, 0.2) is 0 Å². The second-order valence-electron chi connectivity index (χ2n) is 10.3. The molecule has 40 heavy (non-hydrogen) atoms. The number of benzene rings is 3. The minimum absolute atomic E-state index is 0.0868. The summed E-state index contributed by atoms with van der Waals surface area (Å²) in [5, 5.41) is 3.60. The van der Waals surface area contributed by atoms with E-state index in [4.69, 9.17) is 21.3 Å². The maximum absolute atomic E-state index is 13.5. The molecule has 2 amide bonds. The van der Waals surface area contributed by atoms with Gasteiger partial charge in [-0.25, -0.2) is 4.98 Å². The summed E-state index contributed by atoms with van der Waals surface area (Å²) >= 11 is 6.10. The molecule has 0 bridgehead atoms. The van der Waals surface area contributed by atoms with Crippen LogP contribution in [0.25, 0.3) is 16.9 Å². The van der Waals surface area contributed by atoms with Crippen molar-refractivity contribution < 1.29 is 14.3 Å². The Balaban J connectivity index is 1.43. The van der Waals surface area contributed by atoms with Gasteiger partial charge in [0.2, 0.25) is 11.9 Å². The van der Waals surface area contributed by atoms with E-state index in [1.165, 1.54) is 5.56 Å². The van der Waals surface area contributed by atoms with Crippen LogP contribution in [-0.4, -0.2) is 52.1 Å². The Kier molecular flexibility index (Phi) is 8.33. The molecular formula is C32H33ClN4O3. The first-order valence-electron chi connectivity index (χ1n) is 13.5. The number of amides is 2. The Morgan fingerprint density at radius 1 is 1.02 bits per heavy atom. The van der Waals surface area contributed by atoms with E-state index in [2.05, 4.69) is 18.3 Å². The number of nitrogens with zero attached hydrogens (tertiary/aromatic N) is 3. The maximum Gasteiger partial charge on any atom is 0.254 e. The van der Waals surface area contributed by atoms with E-state index < -0.39 is 0 Å². The van der Waals surface area contributed by atoms with Crippen molar-refractivity contribution in [2.45, 2.75) is 39.7 Å². The fourth-order valence-corrected chi connectivity index (χ4v) is 4.90. The van der Waals surface area contributed by atoms with Crippen LogP contribution in [0, 0.1) is 20.8 Å². The lowest BCUT2D eigenvalue weighted by Gasteiger charge is -2.25. The number of imidazole rings is 1. The third-order valence-corrected chi connectivity index (χ3v) is 7.49. The average Bonchev–Trinajstić information content (AvgIpc) is 3.60. The zero-order valence-corrected chi connectivity index (χ0v) is 23.7. The molecule has 2 heterocycles. The third kappa shape index (κ3) is 6.43. The summed E-state index contributed by atoms with van der Waals surface area (Å²) in [5.74, 6) is -0.167. The van der Waals surface area contributed by atoms with Gasteiger partial charge in [0.1, 0.15) is 6.54 Å². The first-order chi connectivity index (χ1) is 19.3. The standard InChI is InChI=1S/C32H33ClN4O3/c1-21-6-9-25(10-7-21)31(39)36(18-28-5-4-16-40-28)20-30(38)35-32-34-29(24-11-13-26(33)14-12-24)19-37(32)27-15-8-22(2)23(3)17-27/h6-15,17,19,28H,4-5,16,18,20H2,1-3H3,(H,34,35,38)/t28-/m1/s1. The molecule has 1 aromatic heterocycles. The number of carbonyl (C=O) groups is 2. The van der Waals surface area contributed by atoms with Gasteiger partial charge in [-0.1, -0.05) is 47.5 Å². The monoisotopic (exact) mass is 556 g/mol. The van der Waals surface area contributed by atoms with Crippen LogP contribution in [0.4, 0.5) is 5.95 Å². The number of ether oxygens (including phenoxy) is 1. The van der Waals surface area contributed by atoms with Crippen LogP contribution in [0.2, 0.25) is 5.02 Å². The zero-order chi connectivity index (χ0) is 28.2. The van der Waals surface area contributed by atoms with Crippen LogP contribution in [-0.2, 0) is 9.53 Å². The number of rotatable bonds is 8. The smallest absolute Gasteiger partial charge is 0.254 e. The van der Waals surface area contributed by atoms with Crippen molar-refractivity contribution in [2.75, 3.05) is 25.0 Å². The lowest BCUT2D eigenvalue weighted by Crippen LogP contribution is -2.42. The van der Waals surface area contributed by atoms with Crippen LogP contribution < -0.4 is 5.32 Å². The van der Waals surface area contributed by atoms with Gasteiger partial charge in [-0.2, -0.15) is 0 Å². The van der Waals surface area contributed by atoms with Gasteiger partial charge < -0.3 is 9.64 Å². The predicted octanol–water partition coefficient (Wildman–Crippen LogP) is 6.38. The van der Waals surface area contributed by atoms with Gasteiger partial charge in [-0.05, 0) is 81.1 Å². The van der Waals surface area contributed by atoms with E-state index in [0.717, 1.165) is 35.2 Å². The Bertz CT molecular complexity index is 1510. The number of aryl methyl sites for hydroxylation is 3. The summed E-state index contributed by atoms with van der Waals surface area (Å²) in [7, 11) is 0. The average molecular weight is 557 g/mol. The van der Waals surface area contributed by atoms with Crippen molar-refractivity contribution in [3.63, 3.8) is 0 Å². The van der Waals surface area contributed by atoms with E-state index in [-0.39, 0.29) is 24.5 Å². The van der Waals surface area contributed by atoms with Gasteiger partial charge in [-0.15, -0.1) is 0 Å². The summed E-state index contributed by atoms with van der Waals surface area (Å²) in [4.78, 5) is 33.3. The van der Waals surface area contributed by atoms with Crippen LogP contribution in [0.15, 0.2) is 72.9 Å².